The summed E-state index contributed by atoms with van der Waals surface area (Å²) in [5.74, 6) is 0.923. The Morgan fingerprint density at radius 2 is 1.52 bits per heavy atom. The number of piperidine rings is 1. The van der Waals surface area contributed by atoms with Gasteiger partial charge in [0, 0.05) is 38.4 Å². The van der Waals surface area contributed by atoms with Crippen LogP contribution in [0.15, 0.2) is 24.3 Å². The molecule has 0 unspecified atom stereocenters. The van der Waals surface area contributed by atoms with Crippen LogP contribution in [0.2, 0.25) is 0 Å². The Kier molecular flexibility index (Phi) is 4.81. The van der Waals surface area contributed by atoms with Crippen LogP contribution in [0.5, 0.6) is 0 Å². The number of aryl methyl sites for hydroxylation is 1. The number of nitrogens with zero attached hydrogens (tertiary/aromatic N) is 3. The lowest BCUT2D eigenvalue weighted by Crippen LogP contribution is -2.48. The molecule has 3 rings (SSSR count). The van der Waals surface area contributed by atoms with E-state index in [0.717, 1.165) is 5.92 Å². The minimum absolute atomic E-state index is 0.923. The van der Waals surface area contributed by atoms with Gasteiger partial charge in [-0.15, -0.1) is 0 Å². The Morgan fingerprint density at radius 3 is 2.14 bits per heavy atom. The largest absolute Gasteiger partial charge is 0.369 e. The zero-order chi connectivity index (χ0) is 14.7. The van der Waals surface area contributed by atoms with E-state index >= 15 is 0 Å². The summed E-state index contributed by atoms with van der Waals surface area (Å²) in [6.07, 6.45) is 2.77. The van der Waals surface area contributed by atoms with Gasteiger partial charge >= 0.3 is 0 Å². The second-order valence-electron chi connectivity index (χ2n) is 6.87. The van der Waals surface area contributed by atoms with Gasteiger partial charge in [-0.2, -0.15) is 0 Å². The summed E-state index contributed by atoms with van der Waals surface area (Å²) in [5.41, 5.74) is 2.74. The molecule has 3 nitrogen and oxygen atoms in total. The molecule has 1 aromatic rings. The number of rotatable bonds is 3. The number of hydrogen-bond donors (Lipinski definition) is 0. The Hall–Kier alpha value is -1.06. The van der Waals surface area contributed by atoms with Gasteiger partial charge in [0.25, 0.3) is 0 Å². The van der Waals surface area contributed by atoms with Crippen molar-refractivity contribution >= 4 is 5.69 Å². The van der Waals surface area contributed by atoms with Crippen molar-refractivity contribution < 1.29 is 0 Å². The quantitative estimate of drug-likeness (QED) is 0.845. The molecule has 21 heavy (non-hydrogen) atoms. The highest BCUT2D eigenvalue weighted by Gasteiger charge is 2.22. The molecule has 2 saturated heterocycles. The Morgan fingerprint density at radius 1 is 0.905 bits per heavy atom. The van der Waals surface area contributed by atoms with E-state index in [1.165, 1.54) is 69.9 Å². The second-order valence-corrected chi connectivity index (χ2v) is 6.87. The highest BCUT2D eigenvalue weighted by atomic mass is 15.3. The number of anilines is 1. The molecular weight excluding hydrogens is 258 g/mol. The van der Waals surface area contributed by atoms with E-state index in [1.807, 2.05) is 0 Å². The second kappa shape index (κ2) is 6.80. The first kappa shape index (κ1) is 14.9. The molecule has 116 valence electrons. The van der Waals surface area contributed by atoms with Crippen LogP contribution in [0.4, 0.5) is 5.69 Å². The van der Waals surface area contributed by atoms with Crippen LogP contribution < -0.4 is 4.90 Å². The lowest BCUT2D eigenvalue weighted by molar-refractivity contribution is 0.155. The normalized spacial score (nSPS) is 22.7. The fourth-order valence-electron chi connectivity index (χ4n) is 3.55. The van der Waals surface area contributed by atoms with E-state index in [4.69, 9.17) is 0 Å². The first-order chi connectivity index (χ1) is 10.2. The molecule has 0 radical (unpaired) electrons. The molecule has 2 fully saturated rings. The zero-order valence-corrected chi connectivity index (χ0v) is 13.6. The maximum atomic E-state index is 2.68. The van der Waals surface area contributed by atoms with Gasteiger partial charge in [-0.25, -0.2) is 0 Å². The molecule has 0 amide bonds. The van der Waals surface area contributed by atoms with E-state index in [1.54, 1.807) is 0 Å². The summed E-state index contributed by atoms with van der Waals surface area (Å²) in [5, 5.41) is 0. The third kappa shape index (κ3) is 3.98. The van der Waals surface area contributed by atoms with Gasteiger partial charge in [0.15, 0.2) is 0 Å². The summed E-state index contributed by atoms with van der Waals surface area (Å²) < 4.78 is 0. The predicted octanol–water partition coefficient (Wildman–Crippen LogP) is 2.46. The van der Waals surface area contributed by atoms with Gasteiger partial charge in [0.1, 0.15) is 0 Å². The molecule has 0 bridgehead atoms. The summed E-state index contributed by atoms with van der Waals surface area (Å²) >= 11 is 0. The summed E-state index contributed by atoms with van der Waals surface area (Å²) in [6, 6.07) is 8.98. The van der Waals surface area contributed by atoms with E-state index in [2.05, 4.69) is 52.9 Å². The van der Waals surface area contributed by atoms with Crippen molar-refractivity contribution in [2.75, 3.05) is 57.8 Å². The maximum Gasteiger partial charge on any atom is 0.0367 e. The molecule has 0 aromatic heterocycles. The minimum atomic E-state index is 0.923. The average molecular weight is 287 g/mol. The van der Waals surface area contributed by atoms with E-state index in [0.29, 0.717) is 0 Å². The van der Waals surface area contributed by atoms with Crippen molar-refractivity contribution in [2.45, 2.75) is 19.8 Å². The number of likely N-dealkylation sites (tertiary alicyclic amines) is 1. The summed E-state index contributed by atoms with van der Waals surface area (Å²) in [4.78, 5) is 7.68. The lowest BCUT2D eigenvalue weighted by Gasteiger charge is -2.39. The molecule has 0 N–H and O–H groups in total. The van der Waals surface area contributed by atoms with Gasteiger partial charge in [-0.3, -0.25) is 4.90 Å². The van der Waals surface area contributed by atoms with Crippen LogP contribution in [0.1, 0.15) is 18.4 Å². The monoisotopic (exact) mass is 287 g/mol. The molecule has 1 aromatic carbocycles. The van der Waals surface area contributed by atoms with Crippen molar-refractivity contribution in [1.29, 1.82) is 0 Å². The van der Waals surface area contributed by atoms with E-state index in [9.17, 15) is 0 Å². The smallest absolute Gasteiger partial charge is 0.0367 e. The third-order valence-corrected chi connectivity index (χ3v) is 5.13. The number of benzene rings is 1. The zero-order valence-electron chi connectivity index (χ0n) is 13.6. The van der Waals surface area contributed by atoms with E-state index < -0.39 is 0 Å². The molecule has 0 saturated carbocycles. The number of hydrogen-bond acceptors (Lipinski definition) is 3. The van der Waals surface area contributed by atoms with Gasteiger partial charge in [-0.05, 0) is 58.0 Å². The Bertz CT molecular complexity index is 426. The molecular formula is C18H29N3. The molecule has 0 spiro atoms. The molecule has 2 aliphatic rings. The summed E-state index contributed by atoms with van der Waals surface area (Å²) in [7, 11) is 2.25. The SMILES string of the molecule is Cc1ccc(N2CCN(CC3CCN(C)CC3)CC2)cc1. The van der Waals surface area contributed by atoms with E-state index in [-0.39, 0.29) is 0 Å². The first-order valence-electron chi connectivity index (χ1n) is 8.43. The number of piperazine rings is 1. The maximum absolute atomic E-state index is 2.68. The van der Waals surface area contributed by atoms with Crippen LogP contribution in [-0.4, -0.2) is 62.7 Å². The van der Waals surface area contributed by atoms with Gasteiger partial charge in [0.05, 0.1) is 0 Å². The highest BCUT2D eigenvalue weighted by Crippen LogP contribution is 2.20. The molecule has 2 aliphatic heterocycles. The third-order valence-electron chi connectivity index (χ3n) is 5.13. The fourth-order valence-corrected chi connectivity index (χ4v) is 3.55. The minimum Gasteiger partial charge on any atom is -0.369 e. The fraction of sp³-hybridized carbons (Fsp3) is 0.667. The van der Waals surface area contributed by atoms with Crippen LogP contribution >= 0.6 is 0 Å². The van der Waals surface area contributed by atoms with Crippen LogP contribution in [-0.2, 0) is 0 Å². The van der Waals surface area contributed by atoms with Crippen molar-refractivity contribution in [3.8, 4) is 0 Å². The average Bonchev–Trinajstić information content (AvgIpc) is 2.51. The van der Waals surface area contributed by atoms with Gasteiger partial charge in [0.2, 0.25) is 0 Å². The molecule has 0 aliphatic carbocycles. The van der Waals surface area contributed by atoms with Crippen molar-refractivity contribution in [1.82, 2.24) is 9.80 Å². The Labute approximate surface area is 129 Å². The molecule has 2 heterocycles. The van der Waals surface area contributed by atoms with Crippen molar-refractivity contribution in [2.24, 2.45) is 5.92 Å². The highest BCUT2D eigenvalue weighted by molar-refractivity contribution is 5.47. The van der Waals surface area contributed by atoms with Crippen LogP contribution in [0.25, 0.3) is 0 Å². The lowest BCUT2D eigenvalue weighted by atomic mass is 9.96. The van der Waals surface area contributed by atoms with Gasteiger partial charge < -0.3 is 9.80 Å². The summed E-state index contributed by atoms with van der Waals surface area (Å²) in [6.45, 7) is 10.8. The van der Waals surface area contributed by atoms with Crippen molar-refractivity contribution in [3.63, 3.8) is 0 Å². The van der Waals surface area contributed by atoms with Crippen molar-refractivity contribution in [3.05, 3.63) is 29.8 Å². The topological polar surface area (TPSA) is 9.72 Å². The predicted molar refractivity (Wildman–Crippen MR) is 90.1 cm³/mol. The Balaban J connectivity index is 1.45. The van der Waals surface area contributed by atoms with Crippen LogP contribution in [0, 0.1) is 12.8 Å². The molecule has 3 heteroatoms. The molecule has 0 atom stereocenters. The van der Waals surface area contributed by atoms with Crippen LogP contribution in [0.3, 0.4) is 0 Å². The standard InChI is InChI=1S/C18H29N3/c1-16-3-5-18(6-4-16)21-13-11-20(12-14-21)15-17-7-9-19(2)10-8-17/h3-6,17H,7-15H2,1-2H3. The van der Waals surface area contributed by atoms with Gasteiger partial charge in [-0.1, -0.05) is 17.7 Å². The first-order valence-corrected chi connectivity index (χ1v) is 8.43.